The number of nitrogens with zero attached hydrogens (tertiary/aromatic N) is 3. The van der Waals surface area contributed by atoms with Gasteiger partial charge in [0.2, 0.25) is 0 Å². The third-order valence-corrected chi connectivity index (χ3v) is 3.66. The van der Waals surface area contributed by atoms with Crippen LogP contribution in [0.15, 0.2) is 36.5 Å². The second-order valence-corrected chi connectivity index (χ2v) is 5.42. The van der Waals surface area contributed by atoms with Crippen LogP contribution in [-0.2, 0) is 4.79 Å². The molecule has 0 aliphatic rings. The van der Waals surface area contributed by atoms with Gasteiger partial charge in [-0.3, -0.25) is 14.9 Å². The molecule has 24 heavy (non-hydrogen) atoms. The van der Waals surface area contributed by atoms with Gasteiger partial charge in [-0.25, -0.2) is 4.68 Å². The van der Waals surface area contributed by atoms with E-state index in [0.29, 0.717) is 11.6 Å². The van der Waals surface area contributed by atoms with Crippen molar-refractivity contribution in [1.29, 1.82) is 0 Å². The van der Waals surface area contributed by atoms with Crippen molar-refractivity contribution < 1.29 is 14.5 Å². The summed E-state index contributed by atoms with van der Waals surface area (Å²) in [4.78, 5) is 22.4. The van der Waals surface area contributed by atoms with E-state index < -0.39 is 11.0 Å². The van der Waals surface area contributed by atoms with Gasteiger partial charge in [0.1, 0.15) is 11.6 Å². The highest BCUT2D eigenvalue weighted by molar-refractivity contribution is 5.93. The summed E-state index contributed by atoms with van der Waals surface area (Å²) >= 11 is 0. The Morgan fingerprint density at radius 1 is 1.33 bits per heavy atom. The van der Waals surface area contributed by atoms with Crippen LogP contribution in [0.1, 0.15) is 33.2 Å². The van der Waals surface area contributed by atoms with Crippen LogP contribution in [0.4, 0.5) is 11.5 Å². The Balaban J connectivity index is 2.00. The second kappa shape index (κ2) is 7.58. The predicted octanol–water partition coefficient (Wildman–Crippen LogP) is 3.17. The first kappa shape index (κ1) is 17.5. The minimum atomic E-state index is -0.758. The van der Waals surface area contributed by atoms with Crippen molar-refractivity contribution >= 4 is 17.4 Å². The smallest absolute Gasteiger partial charge is 0.269 e. The maximum absolute atomic E-state index is 12.3. The lowest BCUT2D eigenvalue weighted by atomic mass is 10.2. The Morgan fingerprint density at radius 2 is 2.00 bits per heavy atom. The summed E-state index contributed by atoms with van der Waals surface area (Å²) in [7, 11) is 0. The molecule has 1 heterocycles. The second-order valence-electron chi connectivity index (χ2n) is 5.42. The Kier molecular flexibility index (Phi) is 5.51. The molecule has 1 amide bonds. The molecule has 0 bridgehead atoms. The van der Waals surface area contributed by atoms with Crippen molar-refractivity contribution in [2.45, 2.75) is 39.3 Å². The largest absolute Gasteiger partial charge is 0.481 e. The third-order valence-electron chi connectivity index (χ3n) is 3.66. The lowest BCUT2D eigenvalue weighted by molar-refractivity contribution is -0.384. The number of nitro benzene ring substituents is 1. The molecule has 2 aromatic rings. The zero-order chi connectivity index (χ0) is 17.7. The van der Waals surface area contributed by atoms with E-state index in [2.05, 4.69) is 10.4 Å². The van der Waals surface area contributed by atoms with E-state index >= 15 is 0 Å². The zero-order valence-electron chi connectivity index (χ0n) is 13.8. The van der Waals surface area contributed by atoms with Crippen LogP contribution < -0.4 is 10.1 Å². The summed E-state index contributed by atoms with van der Waals surface area (Å²) in [5, 5.41) is 17.6. The number of non-ortho nitro benzene ring substituents is 1. The van der Waals surface area contributed by atoms with E-state index in [-0.39, 0.29) is 17.6 Å². The summed E-state index contributed by atoms with van der Waals surface area (Å²) in [6, 6.07) is 7.48. The van der Waals surface area contributed by atoms with Crippen molar-refractivity contribution in [2.24, 2.45) is 0 Å². The van der Waals surface area contributed by atoms with Gasteiger partial charge in [0.15, 0.2) is 6.10 Å². The molecule has 0 fully saturated rings. The van der Waals surface area contributed by atoms with E-state index in [9.17, 15) is 14.9 Å². The molecule has 8 heteroatoms. The summed E-state index contributed by atoms with van der Waals surface area (Å²) in [6.45, 7) is 5.67. The Bertz CT molecular complexity index is 711. The molecule has 1 N–H and O–H groups in total. The van der Waals surface area contributed by atoms with Gasteiger partial charge < -0.3 is 10.1 Å². The maximum Gasteiger partial charge on any atom is 0.269 e. The molecule has 2 rings (SSSR count). The number of carbonyl (C=O) groups is 1. The van der Waals surface area contributed by atoms with Gasteiger partial charge in [-0.05, 0) is 32.4 Å². The van der Waals surface area contributed by atoms with E-state index in [1.807, 2.05) is 13.8 Å². The van der Waals surface area contributed by atoms with Gasteiger partial charge in [0.05, 0.1) is 17.2 Å². The van der Waals surface area contributed by atoms with E-state index in [4.69, 9.17) is 4.74 Å². The summed E-state index contributed by atoms with van der Waals surface area (Å²) in [5.74, 6) is 0.672. The van der Waals surface area contributed by atoms with Gasteiger partial charge in [-0.2, -0.15) is 5.10 Å². The standard InChI is InChI=1S/C16H20N4O4/c1-4-11(2)19-15(9-10-17-19)18-16(21)12(3)24-14-7-5-13(6-8-14)20(22)23/h5-12H,4H2,1-3H3,(H,18,21)/t11-,12-/m0/s1. The molecule has 0 radical (unpaired) electrons. The van der Waals surface area contributed by atoms with Crippen LogP contribution in [0.25, 0.3) is 0 Å². The molecular formula is C16H20N4O4. The van der Waals surface area contributed by atoms with Crippen molar-refractivity contribution in [2.75, 3.05) is 5.32 Å². The maximum atomic E-state index is 12.3. The molecule has 0 saturated carbocycles. The van der Waals surface area contributed by atoms with E-state index in [1.54, 1.807) is 23.9 Å². The van der Waals surface area contributed by atoms with Crippen molar-refractivity contribution in [3.8, 4) is 5.75 Å². The molecule has 0 aliphatic heterocycles. The number of hydrogen-bond donors (Lipinski definition) is 1. The van der Waals surface area contributed by atoms with Crippen LogP contribution in [0.3, 0.4) is 0 Å². The molecular weight excluding hydrogens is 312 g/mol. The number of aromatic nitrogens is 2. The monoisotopic (exact) mass is 332 g/mol. The van der Waals surface area contributed by atoms with Gasteiger partial charge >= 0.3 is 0 Å². The molecule has 0 spiro atoms. The van der Waals surface area contributed by atoms with Gasteiger partial charge in [-0.15, -0.1) is 0 Å². The van der Waals surface area contributed by atoms with E-state index in [0.717, 1.165) is 6.42 Å². The molecule has 1 aromatic heterocycles. The van der Waals surface area contributed by atoms with Crippen LogP contribution >= 0.6 is 0 Å². The summed E-state index contributed by atoms with van der Waals surface area (Å²) < 4.78 is 7.27. The number of nitrogens with one attached hydrogen (secondary N) is 1. The summed E-state index contributed by atoms with van der Waals surface area (Å²) in [5.41, 5.74) is -0.0306. The summed E-state index contributed by atoms with van der Waals surface area (Å²) in [6.07, 6.45) is 1.76. The SMILES string of the molecule is CC[C@H](C)n1nccc1NC(=O)[C@H](C)Oc1ccc([N+](=O)[O-])cc1. The topological polar surface area (TPSA) is 99.3 Å². The molecule has 0 saturated heterocycles. The number of nitro groups is 1. The lowest BCUT2D eigenvalue weighted by Crippen LogP contribution is -2.31. The first-order valence-corrected chi connectivity index (χ1v) is 7.67. The average molecular weight is 332 g/mol. The number of hydrogen-bond acceptors (Lipinski definition) is 5. The number of amides is 1. The highest BCUT2D eigenvalue weighted by Crippen LogP contribution is 2.20. The molecule has 2 atom stereocenters. The Morgan fingerprint density at radius 3 is 2.58 bits per heavy atom. The van der Waals surface area contributed by atoms with Crippen LogP contribution in [0.5, 0.6) is 5.75 Å². The number of anilines is 1. The van der Waals surface area contributed by atoms with Crippen LogP contribution in [-0.4, -0.2) is 26.7 Å². The van der Waals surface area contributed by atoms with E-state index in [1.165, 1.54) is 24.3 Å². The fourth-order valence-electron chi connectivity index (χ4n) is 2.07. The fraction of sp³-hybridized carbons (Fsp3) is 0.375. The number of rotatable bonds is 7. The fourth-order valence-corrected chi connectivity index (χ4v) is 2.07. The molecule has 8 nitrogen and oxygen atoms in total. The number of carbonyl (C=O) groups excluding carboxylic acids is 1. The van der Waals surface area contributed by atoms with Crippen molar-refractivity contribution in [3.63, 3.8) is 0 Å². The molecule has 1 aromatic carbocycles. The zero-order valence-corrected chi connectivity index (χ0v) is 13.8. The molecule has 0 aliphatic carbocycles. The molecule has 128 valence electrons. The van der Waals surface area contributed by atoms with Gasteiger partial charge in [0, 0.05) is 18.2 Å². The highest BCUT2D eigenvalue weighted by atomic mass is 16.6. The number of ether oxygens (including phenoxy) is 1. The Labute approximate surface area is 139 Å². The third kappa shape index (κ3) is 4.09. The normalized spacial score (nSPS) is 13.1. The van der Waals surface area contributed by atoms with Crippen LogP contribution in [0, 0.1) is 10.1 Å². The minimum Gasteiger partial charge on any atom is -0.481 e. The first-order chi connectivity index (χ1) is 11.4. The lowest BCUT2D eigenvalue weighted by Gasteiger charge is -2.17. The quantitative estimate of drug-likeness (QED) is 0.620. The number of benzene rings is 1. The van der Waals surface area contributed by atoms with Gasteiger partial charge in [0.25, 0.3) is 11.6 Å². The average Bonchev–Trinajstić information content (AvgIpc) is 3.02. The predicted molar refractivity (Wildman–Crippen MR) is 89.0 cm³/mol. The highest BCUT2D eigenvalue weighted by Gasteiger charge is 2.18. The van der Waals surface area contributed by atoms with Crippen LogP contribution in [0.2, 0.25) is 0 Å². The van der Waals surface area contributed by atoms with Crippen molar-refractivity contribution in [3.05, 3.63) is 46.6 Å². The van der Waals surface area contributed by atoms with Crippen molar-refractivity contribution in [1.82, 2.24) is 9.78 Å². The first-order valence-electron chi connectivity index (χ1n) is 7.67. The molecule has 0 unspecified atom stereocenters. The Hall–Kier alpha value is -2.90. The minimum absolute atomic E-state index is 0.0306. The van der Waals surface area contributed by atoms with Gasteiger partial charge in [-0.1, -0.05) is 6.92 Å².